The number of imidazole rings is 1. The average Bonchev–Trinajstić information content (AvgIpc) is 2.99. The lowest BCUT2D eigenvalue weighted by molar-refractivity contribution is 0.867. The van der Waals surface area contributed by atoms with Crippen LogP contribution in [0.15, 0.2) is 35.8 Å². The van der Waals surface area contributed by atoms with Gasteiger partial charge in [-0.15, -0.1) is 11.3 Å². The number of nitrogens with two attached hydrogens (primary N) is 1. The third-order valence-corrected chi connectivity index (χ3v) is 4.24. The molecule has 0 aliphatic rings. The van der Waals surface area contributed by atoms with Crippen molar-refractivity contribution in [2.45, 2.75) is 26.3 Å². The molecule has 0 fully saturated rings. The highest BCUT2D eigenvalue weighted by Crippen LogP contribution is 2.28. The summed E-state index contributed by atoms with van der Waals surface area (Å²) < 4.78 is 2.15. The zero-order valence-corrected chi connectivity index (χ0v) is 11.9. The third-order valence-electron chi connectivity index (χ3n) is 3.40. The zero-order valence-electron chi connectivity index (χ0n) is 11.1. The fourth-order valence-electron chi connectivity index (χ4n) is 2.25. The van der Waals surface area contributed by atoms with Gasteiger partial charge in [-0.05, 0) is 17.0 Å². The van der Waals surface area contributed by atoms with Gasteiger partial charge >= 0.3 is 0 Å². The summed E-state index contributed by atoms with van der Waals surface area (Å²) >= 11 is 1.65. The van der Waals surface area contributed by atoms with Crippen LogP contribution in [-0.4, -0.2) is 9.38 Å². The van der Waals surface area contributed by atoms with Crippen LogP contribution in [-0.2, 0) is 6.54 Å². The molecule has 3 rings (SSSR count). The maximum absolute atomic E-state index is 5.77. The summed E-state index contributed by atoms with van der Waals surface area (Å²) in [5.74, 6) is 0.560. The van der Waals surface area contributed by atoms with Crippen molar-refractivity contribution in [1.29, 1.82) is 0 Å². The molecule has 2 heterocycles. The predicted molar refractivity (Wildman–Crippen MR) is 80.5 cm³/mol. The lowest BCUT2D eigenvalue weighted by Crippen LogP contribution is -2.01. The maximum Gasteiger partial charge on any atom is 0.194 e. The van der Waals surface area contributed by atoms with Crippen molar-refractivity contribution in [2.75, 3.05) is 0 Å². The first-order valence-corrected chi connectivity index (χ1v) is 7.33. The third kappa shape index (κ3) is 2.07. The molecule has 0 unspecified atom stereocenters. The van der Waals surface area contributed by atoms with Crippen molar-refractivity contribution in [3.63, 3.8) is 0 Å². The molecule has 0 aliphatic carbocycles. The summed E-state index contributed by atoms with van der Waals surface area (Å²) in [5.41, 5.74) is 10.6. The Morgan fingerprint density at radius 3 is 2.63 bits per heavy atom. The van der Waals surface area contributed by atoms with E-state index in [0.29, 0.717) is 12.5 Å². The van der Waals surface area contributed by atoms with E-state index in [-0.39, 0.29) is 0 Å². The second kappa shape index (κ2) is 4.79. The highest BCUT2D eigenvalue weighted by Gasteiger charge is 2.11. The second-order valence-electron chi connectivity index (χ2n) is 4.97. The monoisotopic (exact) mass is 271 g/mol. The van der Waals surface area contributed by atoms with E-state index in [0.717, 1.165) is 10.7 Å². The smallest absolute Gasteiger partial charge is 0.194 e. The molecule has 0 saturated carbocycles. The van der Waals surface area contributed by atoms with Crippen LogP contribution in [0, 0.1) is 0 Å². The maximum atomic E-state index is 5.77. The van der Waals surface area contributed by atoms with Gasteiger partial charge in [0, 0.05) is 11.9 Å². The van der Waals surface area contributed by atoms with Gasteiger partial charge in [-0.25, -0.2) is 4.98 Å². The van der Waals surface area contributed by atoms with E-state index in [1.807, 2.05) is 6.20 Å². The Labute approximate surface area is 116 Å². The first kappa shape index (κ1) is 12.4. The summed E-state index contributed by atoms with van der Waals surface area (Å²) in [6.45, 7) is 4.93. The van der Waals surface area contributed by atoms with Crippen molar-refractivity contribution >= 4 is 16.3 Å². The largest absolute Gasteiger partial charge is 0.325 e. The molecule has 3 aromatic rings. The number of fused-ring (bicyclic) bond motifs is 1. The molecule has 2 aromatic heterocycles. The Morgan fingerprint density at radius 2 is 2.00 bits per heavy atom. The lowest BCUT2D eigenvalue weighted by atomic mass is 10.0. The highest BCUT2D eigenvalue weighted by atomic mass is 32.1. The van der Waals surface area contributed by atoms with E-state index in [2.05, 4.69) is 52.9 Å². The number of benzene rings is 1. The SMILES string of the molecule is CC(C)c1ccc(-c2csc3ncc(CN)n23)cc1. The first-order valence-electron chi connectivity index (χ1n) is 6.45. The molecular formula is C15H17N3S. The quantitative estimate of drug-likeness (QED) is 0.790. The minimum atomic E-state index is 0.509. The van der Waals surface area contributed by atoms with E-state index >= 15 is 0 Å². The van der Waals surface area contributed by atoms with Gasteiger partial charge in [0.1, 0.15) is 0 Å². The number of hydrogen-bond donors (Lipinski definition) is 1. The number of nitrogens with zero attached hydrogens (tertiary/aromatic N) is 2. The molecule has 1 aromatic carbocycles. The van der Waals surface area contributed by atoms with Gasteiger partial charge in [0.2, 0.25) is 0 Å². The fraction of sp³-hybridized carbons (Fsp3) is 0.267. The lowest BCUT2D eigenvalue weighted by Gasteiger charge is -2.07. The molecule has 0 saturated heterocycles. The molecule has 19 heavy (non-hydrogen) atoms. The molecule has 2 N–H and O–H groups in total. The Kier molecular flexibility index (Phi) is 3.12. The van der Waals surface area contributed by atoms with Crippen LogP contribution in [0.1, 0.15) is 31.0 Å². The Bertz CT molecular complexity index is 692. The minimum absolute atomic E-state index is 0.509. The molecule has 0 spiro atoms. The molecule has 4 heteroatoms. The minimum Gasteiger partial charge on any atom is -0.325 e. The van der Waals surface area contributed by atoms with Crippen LogP contribution >= 0.6 is 11.3 Å². The van der Waals surface area contributed by atoms with Crippen LogP contribution in [0.4, 0.5) is 0 Å². The van der Waals surface area contributed by atoms with Gasteiger partial charge in [-0.3, -0.25) is 4.40 Å². The Hall–Kier alpha value is -1.65. The summed E-state index contributed by atoms with van der Waals surface area (Å²) in [4.78, 5) is 5.39. The van der Waals surface area contributed by atoms with E-state index in [9.17, 15) is 0 Å². The van der Waals surface area contributed by atoms with Crippen LogP contribution in [0.5, 0.6) is 0 Å². The number of rotatable bonds is 3. The molecule has 0 bridgehead atoms. The van der Waals surface area contributed by atoms with Crippen molar-refractivity contribution < 1.29 is 0 Å². The molecule has 0 aliphatic heterocycles. The molecule has 0 radical (unpaired) electrons. The van der Waals surface area contributed by atoms with E-state index in [1.165, 1.54) is 16.8 Å². The first-order chi connectivity index (χ1) is 9.20. The highest BCUT2D eigenvalue weighted by molar-refractivity contribution is 7.15. The Morgan fingerprint density at radius 1 is 1.26 bits per heavy atom. The van der Waals surface area contributed by atoms with Crippen LogP contribution in [0.25, 0.3) is 16.2 Å². The van der Waals surface area contributed by atoms with Gasteiger partial charge in [0.05, 0.1) is 17.6 Å². The second-order valence-corrected chi connectivity index (χ2v) is 5.81. The topological polar surface area (TPSA) is 43.3 Å². The van der Waals surface area contributed by atoms with Crippen LogP contribution < -0.4 is 5.73 Å². The van der Waals surface area contributed by atoms with Gasteiger partial charge in [-0.2, -0.15) is 0 Å². The van der Waals surface area contributed by atoms with Gasteiger partial charge in [0.25, 0.3) is 0 Å². The van der Waals surface area contributed by atoms with Gasteiger partial charge in [-0.1, -0.05) is 38.1 Å². The summed E-state index contributed by atoms with van der Waals surface area (Å²) in [5, 5.41) is 2.14. The van der Waals surface area contributed by atoms with E-state index < -0.39 is 0 Å². The van der Waals surface area contributed by atoms with Crippen molar-refractivity contribution in [2.24, 2.45) is 5.73 Å². The van der Waals surface area contributed by atoms with Crippen molar-refractivity contribution in [3.8, 4) is 11.3 Å². The fourth-order valence-corrected chi connectivity index (χ4v) is 3.14. The number of hydrogen-bond acceptors (Lipinski definition) is 3. The zero-order chi connectivity index (χ0) is 13.4. The molecular weight excluding hydrogens is 254 g/mol. The van der Waals surface area contributed by atoms with Gasteiger partial charge in [0.15, 0.2) is 4.96 Å². The summed E-state index contributed by atoms with van der Waals surface area (Å²) in [7, 11) is 0. The van der Waals surface area contributed by atoms with E-state index in [1.54, 1.807) is 11.3 Å². The predicted octanol–water partition coefficient (Wildman–Crippen LogP) is 3.64. The van der Waals surface area contributed by atoms with Crippen LogP contribution in [0.2, 0.25) is 0 Å². The molecule has 3 nitrogen and oxygen atoms in total. The normalized spacial score (nSPS) is 11.6. The number of thiazole rings is 1. The molecule has 0 amide bonds. The summed E-state index contributed by atoms with van der Waals surface area (Å²) in [6.07, 6.45) is 1.86. The number of aromatic nitrogens is 2. The summed E-state index contributed by atoms with van der Waals surface area (Å²) in [6, 6.07) is 8.75. The standard InChI is InChI=1S/C15H17N3S/c1-10(2)11-3-5-12(6-4-11)14-9-19-15-17-8-13(7-16)18(14)15/h3-6,8-10H,7,16H2,1-2H3. The molecule has 0 atom stereocenters. The van der Waals surface area contributed by atoms with Crippen molar-refractivity contribution in [1.82, 2.24) is 9.38 Å². The van der Waals surface area contributed by atoms with Crippen molar-refractivity contribution in [3.05, 3.63) is 47.1 Å². The van der Waals surface area contributed by atoms with Crippen LogP contribution in [0.3, 0.4) is 0 Å². The van der Waals surface area contributed by atoms with E-state index in [4.69, 9.17) is 5.73 Å². The Balaban J connectivity index is 2.10. The molecule has 98 valence electrons. The average molecular weight is 271 g/mol. The van der Waals surface area contributed by atoms with Gasteiger partial charge < -0.3 is 5.73 Å².